The topological polar surface area (TPSA) is 70.2 Å². The minimum Gasteiger partial charge on any atom is -0.360 e. The maximum atomic E-state index is 6.17. The van der Waals surface area contributed by atoms with E-state index in [4.69, 9.17) is 35.9 Å². The summed E-state index contributed by atoms with van der Waals surface area (Å²) in [4.78, 5) is 0. The molecule has 4 saturated heterocycles. The second-order valence-corrected chi connectivity index (χ2v) is 7.60. The maximum absolute atomic E-state index is 6.17. The average Bonchev–Trinajstić information content (AvgIpc) is 3.07. The minimum absolute atomic E-state index is 0.203. The van der Waals surface area contributed by atoms with Gasteiger partial charge in [-0.05, 0) is 39.9 Å². The zero-order valence-electron chi connectivity index (χ0n) is 13.2. The molecule has 2 N–H and O–H groups in total. The molecule has 4 rings (SSSR count). The first-order valence-corrected chi connectivity index (χ1v) is 8.01. The molecule has 0 saturated carbocycles. The molecule has 0 aromatic carbocycles. The molecule has 4 heterocycles. The van der Waals surface area contributed by atoms with Crippen LogP contribution in [0.15, 0.2) is 0 Å². The Hall–Kier alpha value is -0.510. The lowest BCUT2D eigenvalue weighted by atomic mass is 9.86. The number of thiocarbonyl (C=S) groups is 1. The molecule has 0 aromatic heterocycles. The molecule has 0 aromatic rings. The summed E-state index contributed by atoms with van der Waals surface area (Å²) < 4.78 is 29.8. The second kappa shape index (κ2) is 4.52. The Morgan fingerprint density at radius 2 is 1.82 bits per heavy atom. The van der Waals surface area contributed by atoms with Crippen LogP contribution in [-0.4, -0.2) is 60.0 Å². The van der Waals surface area contributed by atoms with E-state index in [-0.39, 0.29) is 18.3 Å². The van der Waals surface area contributed by atoms with Gasteiger partial charge in [-0.1, -0.05) is 0 Å². The van der Waals surface area contributed by atoms with Crippen molar-refractivity contribution in [3.63, 3.8) is 0 Å². The van der Waals surface area contributed by atoms with Crippen LogP contribution in [0.5, 0.6) is 0 Å². The highest BCUT2D eigenvalue weighted by Gasteiger charge is 2.68. The monoisotopic (exact) mass is 330 g/mol. The molecular formula is C14H22N2O5S. The summed E-state index contributed by atoms with van der Waals surface area (Å²) in [5.41, 5.74) is -0.510. The summed E-state index contributed by atoms with van der Waals surface area (Å²) in [7, 11) is 0. The van der Waals surface area contributed by atoms with Crippen LogP contribution in [0.3, 0.4) is 0 Å². The zero-order chi connectivity index (χ0) is 15.8. The average molecular weight is 330 g/mol. The van der Waals surface area contributed by atoms with Gasteiger partial charge in [0, 0.05) is 6.54 Å². The molecular weight excluding hydrogens is 308 g/mol. The minimum atomic E-state index is -0.675. The van der Waals surface area contributed by atoms with Crippen molar-refractivity contribution in [2.75, 3.05) is 13.2 Å². The fourth-order valence-electron chi connectivity index (χ4n) is 3.76. The van der Waals surface area contributed by atoms with Crippen LogP contribution >= 0.6 is 12.2 Å². The van der Waals surface area contributed by atoms with Crippen molar-refractivity contribution in [2.24, 2.45) is 0 Å². The third-order valence-corrected chi connectivity index (χ3v) is 4.86. The molecule has 4 aliphatic heterocycles. The van der Waals surface area contributed by atoms with Crippen molar-refractivity contribution in [1.82, 2.24) is 10.6 Å². The maximum Gasteiger partial charge on any atom is 0.190 e. The van der Waals surface area contributed by atoms with Gasteiger partial charge in [0.25, 0.3) is 0 Å². The number of hydrogen-bond acceptors (Lipinski definition) is 6. The van der Waals surface area contributed by atoms with E-state index in [1.807, 2.05) is 27.7 Å². The molecule has 0 bridgehead atoms. The summed E-state index contributed by atoms with van der Waals surface area (Å²) in [6, 6.07) is 0. The highest BCUT2D eigenvalue weighted by atomic mass is 32.1. The second-order valence-electron chi connectivity index (χ2n) is 7.20. The Balaban J connectivity index is 1.64. The highest BCUT2D eigenvalue weighted by Crippen LogP contribution is 2.46. The molecule has 124 valence electrons. The van der Waals surface area contributed by atoms with Crippen LogP contribution in [0.4, 0.5) is 0 Å². The molecule has 0 aliphatic carbocycles. The molecule has 22 heavy (non-hydrogen) atoms. The first-order valence-electron chi connectivity index (χ1n) is 7.60. The number of rotatable bonds is 1. The van der Waals surface area contributed by atoms with Gasteiger partial charge in [-0.25, -0.2) is 0 Å². The summed E-state index contributed by atoms with van der Waals surface area (Å²) >= 11 is 5.27. The molecule has 4 aliphatic rings. The van der Waals surface area contributed by atoms with Gasteiger partial charge in [0.15, 0.2) is 23.0 Å². The smallest absolute Gasteiger partial charge is 0.190 e. The lowest BCUT2D eigenvalue weighted by molar-refractivity contribution is -0.229. The molecule has 7 nitrogen and oxygen atoms in total. The number of nitrogens with one attached hydrogen (secondary N) is 2. The van der Waals surface area contributed by atoms with Gasteiger partial charge in [0.1, 0.15) is 23.9 Å². The Morgan fingerprint density at radius 3 is 2.41 bits per heavy atom. The fraction of sp³-hybridized carbons (Fsp3) is 0.929. The predicted molar refractivity (Wildman–Crippen MR) is 80.1 cm³/mol. The third-order valence-electron chi connectivity index (χ3n) is 4.61. The van der Waals surface area contributed by atoms with Crippen molar-refractivity contribution in [3.8, 4) is 0 Å². The van der Waals surface area contributed by atoms with Crippen molar-refractivity contribution in [2.45, 2.75) is 69.4 Å². The van der Waals surface area contributed by atoms with Gasteiger partial charge in [0.05, 0.1) is 6.61 Å². The summed E-state index contributed by atoms with van der Waals surface area (Å²) in [6.45, 7) is 8.65. The van der Waals surface area contributed by atoms with Crippen molar-refractivity contribution >= 4 is 17.3 Å². The van der Waals surface area contributed by atoms with E-state index < -0.39 is 23.4 Å². The largest absolute Gasteiger partial charge is 0.360 e. The Kier molecular flexibility index (Phi) is 3.09. The lowest BCUT2D eigenvalue weighted by Gasteiger charge is -2.36. The van der Waals surface area contributed by atoms with Gasteiger partial charge in [-0.3, -0.25) is 0 Å². The molecule has 1 spiro atoms. The third kappa shape index (κ3) is 2.16. The molecule has 8 heteroatoms. The van der Waals surface area contributed by atoms with E-state index in [0.717, 1.165) is 0 Å². The highest BCUT2D eigenvalue weighted by molar-refractivity contribution is 7.80. The zero-order valence-corrected chi connectivity index (χ0v) is 14.0. The van der Waals surface area contributed by atoms with Crippen LogP contribution < -0.4 is 10.6 Å². The van der Waals surface area contributed by atoms with Crippen molar-refractivity contribution in [3.05, 3.63) is 0 Å². The van der Waals surface area contributed by atoms with Gasteiger partial charge in [-0.15, -0.1) is 0 Å². The molecule has 5 atom stereocenters. The van der Waals surface area contributed by atoms with Crippen LogP contribution in [0.2, 0.25) is 0 Å². The van der Waals surface area contributed by atoms with Gasteiger partial charge >= 0.3 is 0 Å². The summed E-state index contributed by atoms with van der Waals surface area (Å²) in [5.74, 6) is -1.29. The Bertz CT molecular complexity index is 513. The SMILES string of the molecule is CC1(C)OC[C@H]([C@H]2O[C@@H]3OC(C)(C)O[C@@H]3[C@@]23CNC(=S)N3)O1. The van der Waals surface area contributed by atoms with Crippen molar-refractivity contribution < 1.29 is 23.7 Å². The molecule has 0 radical (unpaired) electrons. The van der Waals surface area contributed by atoms with E-state index in [9.17, 15) is 0 Å². The van der Waals surface area contributed by atoms with Crippen LogP contribution in [0, 0.1) is 0 Å². The quantitative estimate of drug-likeness (QED) is 0.662. The summed E-state index contributed by atoms with van der Waals surface area (Å²) in [6.07, 6.45) is -1.17. The van der Waals surface area contributed by atoms with E-state index in [1.165, 1.54) is 0 Å². The van der Waals surface area contributed by atoms with Crippen LogP contribution in [-0.2, 0) is 23.7 Å². The Morgan fingerprint density at radius 1 is 1.05 bits per heavy atom. The molecule has 0 amide bonds. The standard InChI is InChI=1S/C14H22N2O5S/c1-12(2)17-5-7(19-12)8-14(6-15-11(22)16-14)9-10(18-8)21-13(3,4)20-9/h7-10H,5-6H2,1-4H3,(H2,15,16,22)/t7-,8-,9+,10-,14-/m1/s1. The van der Waals surface area contributed by atoms with E-state index in [0.29, 0.717) is 18.3 Å². The van der Waals surface area contributed by atoms with E-state index in [2.05, 4.69) is 10.6 Å². The van der Waals surface area contributed by atoms with Crippen molar-refractivity contribution in [1.29, 1.82) is 0 Å². The predicted octanol–water partition coefficient (Wildman–Crippen LogP) is 0.231. The number of hydrogen-bond donors (Lipinski definition) is 2. The summed E-state index contributed by atoms with van der Waals surface area (Å²) in [5, 5.41) is 7.12. The van der Waals surface area contributed by atoms with E-state index >= 15 is 0 Å². The first-order chi connectivity index (χ1) is 10.2. The van der Waals surface area contributed by atoms with Gasteiger partial charge in [0.2, 0.25) is 0 Å². The van der Waals surface area contributed by atoms with E-state index in [1.54, 1.807) is 0 Å². The molecule has 4 fully saturated rings. The number of ether oxygens (including phenoxy) is 5. The van der Waals surface area contributed by atoms with Crippen LogP contribution in [0.1, 0.15) is 27.7 Å². The fourth-order valence-corrected chi connectivity index (χ4v) is 4.02. The van der Waals surface area contributed by atoms with Gasteiger partial charge in [-0.2, -0.15) is 0 Å². The van der Waals surface area contributed by atoms with Gasteiger partial charge < -0.3 is 34.3 Å². The molecule has 0 unspecified atom stereocenters. The Labute approximate surface area is 134 Å². The van der Waals surface area contributed by atoms with Crippen LogP contribution in [0.25, 0.3) is 0 Å². The first kappa shape index (κ1) is 15.0. The number of fused-ring (bicyclic) bond motifs is 2. The lowest BCUT2D eigenvalue weighted by Crippen LogP contribution is -2.62. The normalized spacial score (nSPS) is 48.5.